The van der Waals surface area contributed by atoms with Crippen LogP contribution in [-0.4, -0.2) is 43.0 Å². The summed E-state index contributed by atoms with van der Waals surface area (Å²) in [4.78, 5) is 13.1. The number of primary amides is 1. The highest BCUT2D eigenvalue weighted by Crippen LogP contribution is 2.14. The third-order valence-electron chi connectivity index (χ3n) is 3.04. The van der Waals surface area contributed by atoms with Crippen molar-refractivity contribution in [3.05, 3.63) is 0 Å². The molecule has 1 fully saturated rings. The number of rotatable bonds is 5. The molecule has 1 saturated heterocycles. The van der Waals surface area contributed by atoms with Gasteiger partial charge >= 0.3 is 0 Å². The molecule has 1 aliphatic heterocycles. The van der Waals surface area contributed by atoms with E-state index in [1.807, 2.05) is 0 Å². The number of hydrogen-bond acceptors (Lipinski definition) is 3. The number of amides is 1. The first-order valence-electron chi connectivity index (χ1n) is 5.82. The molecular formula is C11H23N3O. The van der Waals surface area contributed by atoms with Crippen molar-refractivity contribution in [1.29, 1.82) is 0 Å². The average Bonchev–Trinajstić information content (AvgIpc) is 2.17. The van der Waals surface area contributed by atoms with Gasteiger partial charge in [0.05, 0.1) is 6.54 Å². The predicted octanol–water partition coefficient (Wildman–Crippen LogP) is 0.182. The molecule has 3 N–H and O–H groups in total. The molecule has 1 heterocycles. The monoisotopic (exact) mass is 213 g/mol. The van der Waals surface area contributed by atoms with Gasteiger partial charge in [-0.05, 0) is 45.7 Å². The minimum absolute atomic E-state index is 0.224. The van der Waals surface area contributed by atoms with Gasteiger partial charge in [0.15, 0.2) is 0 Å². The molecule has 0 bridgehead atoms. The van der Waals surface area contributed by atoms with Crippen LogP contribution >= 0.6 is 0 Å². The van der Waals surface area contributed by atoms with Gasteiger partial charge in [-0.25, -0.2) is 0 Å². The van der Waals surface area contributed by atoms with Crippen LogP contribution in [0.2, 0.25) is 0 Å². The zero-order chi connectivity index (χ0) is 11.3. The molecule has 1 aliphatic rings. The topological polar surface area (TPSA) is 58.4 Å². The van der Waals surface area contributed by atoms with E-state index in [4.69, 9.17) is 5.73 Å². The van der Waals surface area contributed by atoms with Gasteiger partial charge in [-0.1, -0.05) is 0 Å². The summed E-state index contributed by atoms with van der Waals surface area (Å²) in [7, 11) is 0. The van der Waals surface area contributed by atoms with Crippen molar-refractivity contribution in [2.45, 2.75) is 32.7 Å². The Hall–Kier alpha value is -0.610. The molecule has 1 rings (SSSR count). The molecule has 15 heavy (non-hydrogen) atoms. The smallest absolute Gasteiger partial charge is 0.231 e. The summed E-state index contributed by atoms with van der Waals surface area (Å²) >= 11 is 0. The summed E-state index contributed by atoms with van der Waals surface area (Å²) in [5.74, 6) is 0.491. The van der Waals surface area contributed by atoms with Crippen LogP contribution in [0.25, 0.3) is 0 Å². The zero-order valence-electron chi connectivity index (χ0n) is 9.83. The molecule has 0 aromatic rings. The Bertz CT molecular complexity index is 200. The van der Waals surface area contributed by atoms with Gasteiger partial charge in [0.25, 0.3) is 0 Å². The van der Waals surface area contributed by atoms with E-state index in [-0.39, 0.29) is 5.91 Å². The Kier molecular flexibility index (Phi) is 5.05. The van der Waals surface area contributed by atoms with E-state index in [9.17, 15) is 4.79 Å². The standard InChI is InChI=1S/C11H23N3O/c1-9(2)14(8-11(12)15)7-10-3-5-13-6-4-10/h9-10,13H,3-8H2,1-2H3,(H2,12,15). The first kappa shape index (κ1) is 12.5. The molecule has 0 aliphatic carbocycles. The van der Waals surface area contributed by atoms with E-state index in [1.165, 1.54) is 12.8 Å². The lowest BCUT2D eigenvalue weighted by atomic mass is 9.97. The van der Waals surface area contributed by atoms with Crippen molar-refractivity contribution in [2.24, 2.45) is 11.7 Å². The number of nitrogens with zero attached hydrogens (tertiary/aromatic N) is 1. The molecule has 1 amide bonds. The van der Waals surface area contributed by atoms with E-state index in [2.05, 4.69) is 24.1 Å². The fourth-order valence-electron chi connectivity index (χ4n) is 2.05. The van der Waals surface area contributed by atoms with E-state index < -0.39 is 0 Å². The average molecular weight is 213 g/mol. The molecular weight excluding hydrogens is 190 g/mol. The van der Waals surface area contributed by atoms with E-state index >= 15 is 0 Å². The Labute approximate surface area is 92.2 Å². The molecule has 0 unspecified atom stereocenters. The first-order chi connectivity index (χ1) is 7.09. The molecule has 0 spiro atoms. The van der Waals surface area contributed by atoms with Crippen LogP contribution in [-0.2, 0) is 4.79 Å². The van der Waals surface area contributed by atoms with Crippen molar-refractivity contribution >= 4 is 5.91 Å². The van der Waals surface area contributed by atoms with Crippen LogP contribution in [0.5, 0.6) is 0 Å². The van der Waals surface area contributed by atoms with Gasteiger partial charge in [0.2, 0.25) is 5.91 Å². The third-order valence-corrected chi connectivity index (χ3v) is 3.04. The molecule has 88 valence electrons. The predicted molar refractivity (Wildman–Crippen MR) is 61.5 cm³/mol. The normalized spacial score (nSPS) is 18.7. The number of nitrogens with one attached hydrogen (secondary N) is 1. The van der Waals surface area contributed by atoms with E-state index in [0.717, 1.165) is 19.6 Å². The SMILES string of the molecule is CC(C)N(CC(N)=O)CC1CCNCC1. The maximum Gasteiger partial charge on any atom is 0.231 e. The Balaban J connectivity index is 2.38. The molecule has 0 aromatic carbocycles. The summed E-state index contributed by atoms with van der Waals surface area (Å²) in [6.07, 6.45) is 2.42. The summed E-state index contributed by atoms with van der Waals surface area (Å²) in [5.41, 5.74) is 5.24. The maximum atomic E-state index is 10.9. The number of nitrogens with two attached hydrogens (primary N) is 1. The van der Waals surface area contributed by atoms with E-state index in [0.29, 0.717) is 18.5 Å². The van der Waals surface area contributed by atoms with Crippen LogP contribution in [0.3, 0.4) is 0 Å². The molecule has 0 atom stereocenters. The number of hydrogen-bond donors (Lipinski definition) is 2. The van der Waals surface area contributed by atoms with Crippen LogP contribution in [0, 0.1) is 5.92 Å². The third kappa shape index (κ3) is 4.62. The lowest BCUT2D eigenvalue weighted by Gasteiger charge is -2.31. The summed E-state index contributed by atoms with van der Waals surface area (Å²) in [6.45, 7) is 7.83. The molecule has 0 radical (unpaired) electrons. The Morgan fingerprint density at radius 2 is 2.07 bits per heavy atom. The number of carbonyl (C=O) groups excluding carboxylic acids is 1. The first-order valence-corrected chi connectivity index (χ1v) is 5.82. The van der Waals surface area contributed by atoms with Gasteiger partial charge in [-0.3, -0.25) is 9.69 Å². The number of carbonyl (C=O) groups is 1. The fraction of sp³-hybridized carbons (Fsp3) is 0.909. The lowest BCUT2D eigenvalue weighted by Crippen LogP contribution is -2.43. The molecule has 4 nitrogen and oxygen atoms in total. The Morgan fingerprint density at radius 3 is 2.53 bits per heavy atom. The van der Waals surface area contributed by atoms with Crippen LogP contribution < -0.4 is 11.1 Å². The van der Waals surface area contributed by atoms with Crippen molar-refractivity contribution in [3.63, 3.8) is 0 Å². The largest absolute Gasteiger partial charge is 0.369 e. The maximum absolute atomic E-state index is 10.9. The summed E-state index contributed by atoms with van der Waals surface area (Å²) in [6, 6.07) is 0.396. The zero-order valence-corrected chi connectivity index (χ0v) is 9.83. The van der Waals surface area contributed by atoms with Gasteiger partial charge < -0.3 is 11.1 Å². The molecule has 4 heteroatoms. The highest BCUT2D eigenvalue weighted by atomic mass is 16.1. The summed E-state index contributed by atoms with van der Waals surface area (Å²) in [5, 5.41) is 3.35. The summed E-state index contributed by atoms with van der Waals surface area (Å²) < 4.78 is 0. The highest BCUT2D eigenvalue weighted by Gasteiger charge is 2.19. The second-order valence-electron chi connectivity index (χ2n) is 4.68. The number of piperidine rings is 1. The fourth-order valence-corrected chi connectivity index (χ4v) is 2.05. The van der Waals surface area contributed by atoms with Gasteiger partial charge in [-0.15, -0.1) is 0 Å². The van der Waals surface area contributed by atoms with Crippen molar-refractivity contribution in [1.82, 2.24) is 10.2 Å². The minimum atomic E-state index is -0.224. The van der Waals surface area contributed by atoms with Crippen molar-refractivity contribution < 1.29 is 4.79 Å². The highest BCUT2D eigenvalue weighted by molar-refractivity contribution is 5.75. The van der Waals surface area contributed by atoms with Crippen LogP contribution in [0.4, 0.5) is 0 Å². The quantitative estimate of drug-likeness (QED) is 0.685. The van der Waals surface area contributed by atoms with Gasteiger partial charge in [0.1, 0.15) is 0 Å². The van der Waals surface area contributed by atoms with Crippen molar-refractivity contribution in [2.75, 3.05) is 26.2 Å². The van der Waals surface area contributed by atoms with Gasteiger partial charge in [0, 0.05) is 12.6 Å². The second kappa shape index (κ2) is 6.08. The van der Waals surface area contributed by atoms with Crippen LogP contribution in [0.15, 0.2) is 0 Å². The van der Waals surface area contributed by atoms with Gasteiger partial charge in [-0.2, -0.15) is 0 Å². The molecule has 0 saturated carbocycles. The molecule has 0 aromatic heterocycles. The lowest BCUT2D eigenvalue weighted by molar-refractivity contribution is -0.119. The van der Waals surface area contributed by atoms with E-state index in [1.54, 1.807) is 0 Å². The Morgan fingerprint density at radius 1 is 1.47 bits per heavy atom. The minimum Gasteiger partial charge on any atom is -0.369 e. The van der Waals surface area contributed by atoms with Crippen molar-refractivity contribution in [3.8, 4) is 0 Å². The second-order valence-corrected chi connectivity index (χ2v) is 4.68. The van der Waals surface area contributed by atoms with Crippen LogP contribution in [0.1, 0.15) is 26.7 Å².